The van der Waals surface area contributed by atoms with Crippen LogP contribution in [0.2, 0.25) is 0 Å². The van der Waals surface area contributed by atoms with E-state index >= 15 is 0 Å². The van der Waals surface area contributed by atoms with Gasteiger partial charge >= 0.3 is 6.03 Å². The Hall–Kier alpha value is -3.94. The molecule has 1 aliphatic carbocycles. The van der Waals surface area contributed by atoms with Crippen LogP contribution in [0.25, 0.3) is 33.7 Å². The molecule has 6 rings (SSSR count). The Morgan fingerprint density at radius 3 is 2.56 bits per heavy atom. The Kier molecular flexibility index (Phi) is 3.98. The standard InChI is InChI=1S/C24H21N5O3/c1-24(22(30)27-23(31)28-24)15-9-6-13(7-10-15)20-26-21(32-29-20)14-8-11-19-17(12-14)16-4-2-3-5-18(16)25-19/h6-12,25H,2-5H2,1H3,(H2,27,28,30,31). The van der Waals surface area contributed by atoms with Crippen LogP contribution in [0, 0.1) is 0 Å². The maximum Gasteiger partial charge on any atom is 0.322 e. The molecule has 3 heterocycles. The van der Waals surface area contributed by atoms with Crippen molar-refractivity contribution in [2.75, 3.05) is 0 Å². The lowest BCUT2D eigenvalue weighted by Gasteiger charge is -2.20. The maximum absolute atomic E-state index is 12.1. The highest BCUT2D eigenvalue weighted by molar-refractivity contribution is 6.07. The zero-order valence-corrected chi connectivity index (χ0v) is 17.5. The molecule has 3 amide bonds. The van der Waals surface area contributed by atoms with Gasteiger partial charge in [-0.15, -0.1) is 0 Å². The lowest BCUT2D eigenvalue weighted by molar-refractivity contribution is -0.123. The Bertz CT molecular complexity index is 1380. The summed E-state index contributed by atoms with van der Waals surface area (Å²) >= 11 is 0. The zero-order valence-electron chi connectivity index (χ0n) is 17.5. The number of imide groups is 1. The molecule has 2 aromatic carbocycles. The van der Waals surface area contributed by atoms with Crippen molar-refractivity contribution in [3.8, 4) is 22.8 Å². The number of nitrogens with one attached hydrogen (secondary N) is 3. The van der Waals surface area contributed by atoms with Gasteiger partial charge in [-0.25, -0.2) is 4.79 Å². The molecule has 32 heavy (non-hydrogen) atoms. The minimum absolute atomic E-state index is 0.376. The van der Waals surface area contributed by atoms with Crippen LogP contribution in [0.1, 0.15) is 36.6 Å². The van der Waals surface area contributed by atoms with E-state index < -0.39 is 11.6 Å². The van der Waals surface area contributed by atoms with Crippen molar-refractivity contribution < 1.29 is 14.1 Å². The molecule has 1 saturated heterocycles. The summed E-state index contributed by atoms with van der Waals surface area (Å²) < 4.78 is 5.56. The fraction of sp³-hybridized carbons (Fsp3) is 0.250. The average Bonchev–Trinajstić information content (AvgIpc) is 3.50. The van der Waals surface area contributed by atoms with Gasteiger partial charge in [0.15, 0.2) is 0 Å². The molecule has 1 fully saturated rings. The minimum Gasteiger partial charge on any atom is -0.358 e. The van der Waals surface area contributed by atoms with E-state index in [1.54, 1.807) is 19.1 Å². The molecule has 3 N–H and O–H groups in total. The number of hydrogen-bond acceptors (Lipinski definition) is 5. The summed E-state index contributed by atoms with van der Waals surface area (Å²) in [6, 6.07) is 12.9. The largest absolute Gasteiger partial charge is 0.358 e. The van der Waals surface area contributed by atoms with E-state index in [1.807, 2.05) is 18.2 Å². The zero-order chi connectivity index (χ0) is 21.9. The summed E-state index contributed by atoms with van der Waals surface area (Å²) in [6.07, 6.45) is 4.64. The van der Waals surface area contributed by atoms with Gasteiger partial charge in [-0.05, 0) is 61.9 Å². The van der Waals surface area contributed by atoms with Gasteiger partial charge in [0.05, 0.1) is 0 Å². The van der Waals surface area contributed by atoms with Crippen LogP contribution < -0.4 is 10.6 Å². The number of benzene rings is 2. The van der Waals surface area contributed by atoms with E-state index in [0.717, 1.165) is 29.5 Å². The van der Waals surface area contributed by atoms with Crippen LogP contribution in [0.15, 0.2) is 47.0 Å². The Balaban J connectivity index is 1.30. The molecule has 1 unspecified atom stereocenters. The van der Waals surface area contributed by atoms with Crippen molar-refractivity contribution in [2.24, 2.45) is 0 Å². The smallest absolute Gasteiger partial charge is 0.322 e. The van der Waals surface area contributed by atoms with Crippen molar-refractivity contribution in [1.29, 1.82) is 0 Å². The number of nitrogens with zero attached hydrogens (tertiary/aromatic N) is 2. The second-order valence-corrected chi connectivity index (χ2v) is 8.58. The Morgan fingerprint density at radius 1 is 1.00 bits per heavy atom. The molecule has 0 spiro atoms. The molecule has 4 aromatic rings. The number of hydrogen-bond donors (Lipinski definition) is 3. The average molecular weight is 427 g/mol. The normalized spacial score (nSPS) is 20.3. The molecule has 0 saturated carbocycles. The summed E-state index contributed by atoms with van der Waals surface area (Å²) in [7, 11) is 0. The summed E-state index contributed by atoms with van der Waals surface area (Å²) in [5.74, 6) is 0.554. The van der Waals surface area contributed by atoms with Crippen LogP contribution in [-0.2, 0) is 23.2 Å². The molecule has 8 heteroatoms. The van der Waals surface area contributed by atoms with Gasteiger partial charge in [0, 0.05) is 27.7 Å². The number of urea groups is 1. The first-order valence-electron chi connectivity index (χ1n) is 10.7. The summed E-state index contributed by atoms with van der Waals surface area (Å²) in [4.78, 5) is 31.8. The first kappa shape index (κ1) is 18.8. The number of carbonyl (C=O) groups is 2. The SMILES string of the molecule is CC1(c2ccc(-c3noc(-c4ccc5[nH]c6c(c5c4)CCCC6)n3)cc2)NC(=O)NC1=O. The van der Waals surface area contributed by atoms with Crippen molar-refractivity contribution in [3.63, 3.8) is 0 Å². The molecule has 1 aliphatic heterocycles. The van der Waals surface area contributed by atoms with Crippen molar-refractivity contribution in [1.82, 2.24) is 25.8 Å². The van der Waals surface area contributed by atoms with Crippen LogP contribution in [0.3, 0.4) is 0 Å². The van der Waals surface area contributed by atoms with Crippen LogP contribution in [-0.4, -0.2) is 27.1 Å². The number of fused-ring (bicyclic) bond motifs is 3. The number of aromatic amines is 1. The van der Waals surface area contributed by atoms with Gasteiger partial charge in [0.25, 0.3) is 11.8 Å². The van der Waals surface area contributed by atoms with Gasteiger partial charge in [0.2, 0.25) is 5.82 Å². The number of amides is 3. The van der Waals surface area contributed by atoms with Crippen LogP contribution in [0.5, 0.6) is 0 Å². The second kappa shape index (κ2) is 6.78. The molecule has 0 radical (unpaired) electrons. The van der Waals surface area contributed by atoms with Gasteiger partial charge in [-0.1, -0.05) is 29.4 Å². The molecular weight excluding hydrogens is 406 g/mol. The first-order chi connectivity index (χ1) is 15.5. The number of aromatic nitrogens is 3. The predicted molar refractivity (Wildman–Crippen MR) is 118 cm³/mol. The van der Waals surface area contributed by atoms with Crippen LogP contribution in [0.4, 0.5) is 4.79 Å². The van der Waals surface area contributed by atoms with E-state index in [1.165, 1.54) is 29.5 Å². The molecular formula is C24H21N5O3. The molecule has 1 atom stereocenters. The van der Waals surface area contributed by atoms with Crippen molar-refractivity contribution in [2.45, 2.75) is 38.1 Å². The fourth-order valence-corrected chi connectivity index (χ4v) is 4.70. The van der Waals surface area contributed by atoms with Crippen molar-refractivity contribution in [3.05, 3.63) is 59.3 Å². The lowest BCUT2D eigenvalue weighted by atomic mass is 9.91. The van der Waals surface area contributed by atoms with E-state index in [0.29, 0.717) is 17.3 Å². The first-order valence-corrected chi connectivity index (χ1v) is 10.7. The summed E-state index contributed by atoms with van der Waals surface area (Å²) in [5.41, 5.74) is 5.12. The molecule has 2 aromatic heterocycles. The van der Waals surface area contributed by atoms with Gasteiger partial charge in [0.1, 0.15) is 5.54 Å². The minimum atomic E-state index is -1.09. The van der Waals surface area contributed by atoms with E-state index in [-0.39, 0.29) is 5.91 Å². The highest BCUT2D eigenvalue weighted by Crippen LogP contribution is 2.33. The second-order valence-electron chi connectivity index (χ2n) is 8.58. The summed E-state index contributed by atoms with van der Waals surface area (Å²) in [6.45, 7) is 1.67. The van der Waals surface area contributed by atoms with Crippen LogP contribution >= 0.6 is 0 Å². The van der Waals surface area contributed by atoms with E-state index in [4.69, 9.17) is 4.52 Å². The van der Waals surface area contributed by atoms with Gasteiger partial charge < -0.3 is 14.8 Å². The highest BCUT2D eigenvalue weighted by Gasteiger charge is 2.43. The Labute approximate surface area is 183 Å². The molecule has 8 nitrogen and oxygen atoms in total. The van der Waals surface area contributed by atoms with Gasteiger partial charge in [-0.3, -0.25) is 10.1 Å². The lowest BCUT2D eigenvalue weighted by Crippen LogP contribution is -2.40. The third-order valence-corrected chi connectivity index (χ3v) is 6.54. The molecule has 2 aliphatic rings. The number of carbonyl (C=O) groups excluding carboxylic acids is 2. The number of rotatable bonds is 3. The fourth-order valence-electron chi connectivity index (χ4n) is 4.70. The number of H-pyrrole nitrogens is 1. The quantitative estimate of drug-likeness (QED) is 0.430. The maximum atomic E-state index is 12.1. The summed E-state index contributed by atoms with van der Waals surface area (Å²) in [5, 5.41) is 10.3. The molecule has 0 bridgehead atoms. The van der Waals surface area contributed by atoms with E-state index in [9.17, 15) is 9.59 Å². The van der Waals surface area contributed by atoms with Gasteiger partial charge in [-0.2, -0.15) is 4.98 Å². The van der Waals surface area contributed by atoms with E-state index in [2.05, 4.69) is 37.9 Å². The monoisotopic (exact) mass is 427 g/mol. The predicted octanol–water partition coefficient (Wildman–Crippen LogP) is 3.82. The topological polar surface area (TPSA) is 113 Å². The third kappa shape index (κ3) is 2.83. The number of aryl methyl sites for hydroxylation is 2. The van der Waals surface area contributed by atoms with Crippen molar-refractivity contribution >= 4 is 22.8 Å². The Morgan fingerprint density at radius 2 is 1.78 bits per heavy atom. The molecule has 160 valence electrons. The third-order valence-electron chi connectivity index (χ3n) is 6.54. The highest BCUT2D eigenvalue weighted by atomic mass is 16.5.